The molecule has 9 heteroatoms. The number of ether oxygens (including phenoxy) is 1. The Morgan fingerprint density at radius 1 is 1.25 bits per heavy atom. The molecule has 0 fully saturated rings. The first kappa shape index (κ1) is 19.1. The van der Waals surface area contributed by atoms with Crippen LogP contribution < -0.4 is 5.32 Å². The van der Waals surface area contributed by atoms with Crippen LogP contribution in [-0.4, -0.2) is 29.2 Å². The van der Waals surface area contributed by atoms with Crippen molar-refractivity contribution in [3.05, 3.63) is 51.0 Å². The molecule has 1 amide bonds. The molecule has 24 heavy (non-hydrogen) atoms. The summed E-state index contributed by atoms with van der Waals surface area (Å²) in [5.41, 5.74) is 0. The predicted molar refractivity (Wildman–Crippen MR) is 98.7 cm³/mol. The van der Waals surface area contributed by atoms with Crippen molar-refractivity contribution in [2.75, 3.05) is 17.7 Å². The number of carbonyl (C=O) groups is 2. The van der Waals surface area contributed by atoms with E-state index < -0.39 is 18.5 Å². The minimum Gasteiger partial charge on any atom is -0.455 e. The highest BCUT2D eigenvalue weighted by Gasteiger charge is 2.11. The van der Waals surface area contributed by atoms with Gasteiger partial charge in [-0.05, 0) is 30.3 Å². The van der Waals surface area contributed by atoms with E-state index in [4.69, 9.17) is 27.9 Å². The number of rotatable bonds is 6. The van der Waals surface area contributed by atoms with Crippen molar-refractivity contribution in [1.29, 1.82) is 0 Å². The molecule has 2 aromatic rings. The van der Waals surface area contributed by atoms with E-state index in [1.807, 2.05) is 24.3 Å². The van der Waals surface area contributed by atoms with Gasteiger partial charge in [0, 0.05) is 15.6 Å². The Morgan fingerprint density at radius 3 is 2.62 bits per heavy atom. The molecule has 0 bridgehead atoms. The van der Waals surface area contributed by atoms with E-state index in [0.717, 1.165) is 9.37 Å². The fourth-order valence-electron chi connectivity index (χ4n) is 1.54. The van der Waals surface area contributed by atoms with Crippen molar-refractivity contribution in [3.8, 4) is 0 Å². The summed E-state index contributed by atoms with van der Waals surface area (Å²) in [5.74, 6) is -0.761. The fraction of sp³-hybridized carbons (Fsp3) is 0.133. The molecule has 1 aromatic carbocycles. The van der Waals surface area contributed by atoms with Crippen LogP contribution in [0.3, 0.4) is 0 Å². The average molecular weight is 450 g/mol. The maximum atomic E-state index is 11.7. The Kier molecular flexibility index (Phi) is 7.36. The second kappa shape index (κ2) is 9.27. The van der Waals surface area contributed by atoms with E-state index >= 15 is 0 Å². The van der Waals surface area contributed by atoms with Crippen molar-refractivity contribution in [2.24, 2.45) is 0 Å². The molecule has 1 heterocycles. The predicted octanol–water partition coefficient (Wildman–Crippen LogP) is 4.42. The lowest BCUT2D eigenvalue weighted by atomic mass is 10.4. The zero-order chi connectivity index (χ0) is 17.5. The van der Waals surface area contributed by atoms with Crippen molar-refractivity contribution in [2.45, 2.75) is 4.90 Å². The first-order chi connectivity index (χ1) is 11.4. The van der Waals surface area contributed by atoms with Crippen LogP contribution >= 0.6 is 50.9 Å². The van der Waals surface area contributed by atoms with Gasteiger partial charge in [-0.15, -0.1) is 11.8 Å². The number of hydrogen-bond acceptors (Lipinski definition) is 5. The van der Waals surface area contributed by atoms with Crippen molar-refractivity contribution >= 4 is 68.6 Å². The lowest BCUT2D eigenvalue weighted by Gasteiger charge is -2.07. The van der Waals surface area contributed by atoms with Gasteiger partial charge in [0.05, 0.1) is 15.8 Å². The first-order valence-corrected chi connectivity index (χ1v) is 9.12. The molecule has 126 valence electrons. The molecule has 5 nitrogen and oxygen atoms in total. The number of hydrogen-bond donors (Lipinski definition) is 1. The second-order valence-corrected chi connectivity index (χ2v) is 7.24. The highest BCUT2D eigenvalue weighted by Crippen LogP contribution is 2.22. The fourth-order valence-corrected chi connectivity index (χ4v) is 2.92. The number of pyridine rings is 1. The number of esters is 1. The molecule has 0 spiro atoms. The Balaban J connectivity index is 1.74. The number of amides is 1. The molecule has 1 N–H and O–H groups in total. The summed E-state index contributed by atoms with van der Waals surface area (Å²) in [6.45, 7) is -0.416. The lowest BCUT2D eigenvalue weighted by Crippen LogP contribution is -2.22. The van der Waals surface area contributed by atoms with Crippen LogP contribution in [0.1, 0.15) is 0 Å². The van der Waals surface area contributed by atoms with Crippen molar-refractivity contribution in [1.82, 2.24) is 4.98 Å². The first-order valence-electron chi connectivity index (χ1n) is 6.59. The van der Waals surface area contributed by atoms with Gasteiger partial charge >= 0.3 is 5.97 Å². The molecule has 1 aromatic heterocycles. The van der Waals surface area contributed by atoms with Crippen LogP contribution in [0.15, 0.2) is 45.9 Å². The number of carbonyl (C=O) groups excluding carboxylic acids is 2. The molecule has 0 aliphatic heterocycles. The van der Waals surface area contributed by atoms with E-state index in [1.165, 1.54) is 24.0 Å². The van der Waals surface area contributed by atoms with Gasteiger partial charge in [-0.2, -0.15) is 0 Å². The number of nitrogens with one attached hydrogen (secondary N) is 1. The lowest BCUT2D eigenvalue weighted by molar-refractivity contribution is -0.144. The molecule has 0 saturated carbocycles. The molecule has 2 rings (SSSR count). The molecule has 0 unspecified atom stereocenters. The zero-order valence-electron chi connectivity index (χ0n) is 12.1. The third kappa shape index (κ3) is 6.32. The summed E-state index contributed by atoms with van der Waals surface area (Å²) in [4.78, 5) is 28.2. The van der Waals surface area contributed by atoms with Crippen LogP contribution in [-0.2, 0) is 14.3 Å². The molecule has 0 aliphatic carbocycles. The van der Waals surface area contributed by atoms with Crippen LogP contribution in [0.5, 0.6) is 0 Å². The molecule has 0 aliphatic rings. The van der Waals surface area contributed by atoms with E-state index in [1.54, 1.807) is 0 Å². The summed E-state index contributed by atoms with van der Waals surface area (Å²) in [7, 11) is 0. The minimum atomic E-state index is -0.534. The normalized spacial score (nSPS) is 10.3. The van der Waals surface area contributed by atoms with Crippen LogP contribution in [0.25, 0.3) is 0 Å². The number of halogens is 3. The van der Waals surface area contributed by atoms with Crippen LogP contribution in [0, 0.1) is 0 Å². The Bertz CT molecular complexity index is 744. The summed E-state index contributed by atoms with van der Waals surface area (Å²) in [6, 6.07) is 8.96. The summed E-state index contributed by atoms with van der Waals surface area (Å²) >= 11 is 16.3. The highest BCUT2D eigenvalue weighted by atomic mass is 79.9. The van der Waals surface area contributed by atoms with Gasteiger partial charge in [-0.3, -0.25) is 9.59 Å². The van der Waals surface area contributed by atoms with Gasteiger partial charge in [-0.25, -0.2) is 4.98 Å². The smallest absolute Gasteiger partial charge is 0.316 e. The average Bonchev–Trinajstić information content (AvgIpc) is 2.55. The Morgan fingerprint density at radius 2 is 1.96 bits per heavy atom. The number of benzene rings is 1. The maximum absolute atomic E-state index is 11.7. The van der Waals surface area contributed by atoms with E-state index in [9.17, 15) is 9.59 Å². The number of anilines is 1. The third-order valence-corrected chi connectivity index (χ3v) is 4.61. The summed E-state index contributed by atoms with van der Waals surface area (Å²) < 4.78 is 5.87. The second-order valence-electron chi connectivity index (χ2n) is 4.44. The van der Waals surface area contributed by atoms with Gasteiger partial charge in [0.25, 0.3) is 5.91 Å². The molecule has 0 saturated heterocycles. The van der Waals surface area contributed by atoms with Crippen molar-refractivity contribution in [3.63, 3.8) is 0 Å². The summed E-state index contributed by atoms with van der Waals surface area (Å²) in [5, 5.41) is 3.00. The molecular weight excluding hydrogens is 439 g/mol. The van der Waals surface area contributed by atoms with E-state index in [-0.39, 0.29) is 16.6 Å². The minimum absolute atomic E-state index is 0.106. The SMILES string of the molecule is O=C(COC(=O)CSc1ccc(Br)cc1)Nc1ncc(Cl)cc1Cl. The number of thioether (sulfide) groups is 1. The quantitative estimate of drug-likeness (QED) is 0.522. The Hall–Kier alpha value is -1.28. The van der Waals surface area contributed by atoms with E-state index in [0.29, 0.717) is 5.02 Å². The topological polar surface area (TPSA) is 68.3 Å². The monoisotopic (exact) mass is 448 g/mol. The summed E-state index contributed by atoms with van der Waals surface area (Å²) in [6.07, 6.45) is 1.35. The van der Waals surface area contributed by atoms with Crippen LogP contribution in [0.4, 0.5) is 5.82 Å². The van der Waals surface area contributed by atoms with Gasteiger partial charge in [0.2, 0.25) is 0 Å². The molecule has 0 atom stereocenters. The maximum Gasteiger partial charge on any atom is 0.316 e. The van der Waals surface area contributed by atoms with Crippen molar-refractivity contribution < 1.29 is 14.3 Å². The zero-order valence-corrected chi connectivity index (χ0v) is 16.0. The number of aromatic nitrogens is 1. The largest absolute Gasteiger partial charge is 0.455 e. The molecule has 0 radical (unpaired) electrons. The van der Waals surface area contributed by atoms with Gasteiger partial charge in [0.15, 0.2) is 12.4 Å². The molecular formula is C15H11BrCl2N2O3S. The van der Waals surface area contributed by atoms with E-state index in [2.05, 4.69) is 26.2 Å². The van der Waals surface area contributed by atoms with Gasteiger partial charge in [0.1, 0.15) is 0 Å². The number of nitrogens with zero attached hydrogens (tertiary/aromatic N) is 1. The van der Waals surface area contributed by atoms with Gasteiger partial charge in [-0.1, -0.05) is 39.1 Å². The van der Waals surface area contributed by atoms with Crippen LogP contribution in [0.2, 0.25) is 10.0 Å². The Labute approximate surface area is 161 Å². The standard InChI is InChI=1S/C15H11BrCl2N2O3S/c16-9-1-3-11(4-2-9)24-8-14(22)23-7-13(21)20-15-12(18)5-10(17)6-19-15/h1-6H,7-8H2,(H,19,20,21). The third-order valence-electron chi connectivity index (χ3n) is 2.60. The highest BCUT2D eigenvalue weighted by molar-refractivity contribution is 9.10. The van der Waals surface area contributed by atoms with Gasteiger partial charge < -0.3 is 10.1 Å².